The Bertz CT molecular complexity index is 661. The monoisotopic (exact) mass is 441 g/mol. The van der Waals surface area contributed by atoms with Gasteiger partial charge in [-0.1, -0.05) is 0 Å². The zero-order valence-corrected chi connectivity index (χ0v) is 15.3. The molecule has 3 nitrogen and oxygen atoms in total. The van der Waals surface area contributed by atoms with Gasteiger partial charge in [-0.3, -0.25) is 4.72 Å². The van der Waals surface area contributed by atoms with Crippen LogP contribution in [0.25, 0.3) is 0 Å². The van der Waals surface area contributed by atoms with Crippen LogP contribution in [0.1, 0.15) is 0 Å². The number of hydrogen-bond acceptors (Lipinski definition) is 4. The molecule has 0 atom stereocenters. The lowest BCUT2D eigenvalue weighted by Gasteiger charge is -2.06. The molecule has 0 saturated carbocycles. The van der Waals surface area contributed by atoms with Crippen LogP contribution in [0.15, 0.2) is 47.7 Å². The number of sulfonamides is 1. The van der Waals surface area contributed by atoms with Crippen molar-refractivity contribution in [2.24, 2.45) is 0 Å². The number of thioether (sulfide) groups is 1. The summed E-state index contributed by atoms with van der Waals surface area (Å²) in [5.74, 6) is 0. The molecule has 1 heterocycles. The zero-order chi connectivity index (χ0) is 14.0. The third-order valence-corrected chi connectivity index (χ3v) is 8.08. The molecule has 0 spiro atoms. The van der Waals surface area contributed by atoms with E-state index >= 15 is 0 Å². The highest BCUT2D eigenvalue weighted by atomic mass is 79.9. The van der Waals surface area contributed by atoms with Gasteiger partial charge in [0, 0.05) is 15.1 Å². The largest absolute Gasteiger partial charge is 0.279 e. The van der Waals surface area contributed by atoms with Gasteiger partial charge in [0.1, 0.15) is 4.21 Å². The number of rotatable bonds is 4. The first-order valence-corrected chi connectivity index (χ1v) is 10.1. The molecule has 2 rings (SSSR count). The molecule has 102 valence electrons. The van der Waals surface area contributed by atoms with Gasteiger partial charge in [0.15, 0.2) is 0 Å². The average molecular weight is 443 g/mol. The van der Waals surface area contributed by atoms with Gasteiger partial charge in [-0.05, 0) is 68.4 Å². The van der Waals surface area contributed by atoms with Crippen molar-refractivity contribution in [2.75, 3.05) is 11.0 Å². The van der Waals surface area contributed by atoms with Gasteiger partial charge < -0.3 is 0 Å². The lowest BCUT2D eigenvalue weighted by atomic mass is 10.3. The molecule has 0 saturated heterocycles. The predicted octanol–water partition coefficient (Wildman–Crippen LogP) is 4.80. The molecule has 0 bridgehead atoms. The van der Waals surface area contributed by atoms with Crippen LogP contribution in [0, 0.1) is 0 Å². The van der Waals surface area contributed by atoms with E-state index in [1.807, 2.05) is 18.4 Å². The molecule has 8 heteroatoms. The topological polar surface area (TPSA) is 46.2 Å². The van der Waals surface area contributed by atoms with Crippen LogP contribution in [0.5, 0.6) is 0 Å². The second-order valence-corrected chi connectivity index (χ2v) is 9.53. The van der Waals surface area contributed by atoms with E-state index in [-0.39, 0.29) is 4.21 Å². The Morgan fingerprint density at radius 2 is 1.84 bits per heavy atom. The summed E-state index contributed by atoms with van der Waals surface area (Å²) in [5.41, 5.74) is 0.554. The number of anilines is 1. The van der Waals surface area contributed by atoms with Crippen molar-refractivity contribution in [3.05, 3.63) is 38.6 Å². The van der Waals surface area contributed by atoms with Gasteiger partial charge in [0.05, 0.1) is 3.79 Å². The molecule has 0 aliphatic heterocycles. The van der Waals surface area contributed by atoms with Crippen molar-refractivity contribution >= 4 is 70.7 Å². The first-order valence-electron chi connectivity index (χ1n) is 5.04. The maximum Gasteiger partial charge on any atom is 0.271 e. The summed E-state index contributed by atoms with van der Waals surface area (Å²) in [4.78, 5) is 1.09. The highest BCUT2D eigenvalue weighted by Crippen LogP contribution is 2.35. The number of hydrogen-bond donors (Lipinski definition) is 1. The van der Waals surface area contributed by atoms with E-state index in [9.17, 15) is 8.42 Å². The molecule has 0 aliphatic carbocycles. The molecule has 1 aromatic heterocycles. The molecule has 0 fully saturated rings. The molecule has 0 radical (unpaired) electrons. The fraction of sp³-hybridized carbons (Fsp3) is 0.0909. The first kappa shape index (κ1) is 15.4. The SMILES string of the molecule is CSc1ccc(NS(=O)(=O)c2cc(Br)c(Br)s2)cc1. The van der Waals surface area contributed by atoms with Crippen LogP contribution in [0.2, 0.25) is 0 Å². The first-order chi connectivity index (χ1) is 8.92. The van der Waals surface area contributed by atoms with Crippen molar-refractivity contribution in [3.8, 4) is 0 Å². The standard InChI is InChI=1S/C11H9Br2NO2S3/c1-17-8-4-2-7(3-5-8)14-19(15,16)10-6-9(12)11(13)18-10/h2-6,14H,1H3. The summed E-state index contributed by atoms with van der Waals surface area (Å²) in [7, 11) is -3.53. The highest BCUT2D eigenvalue weighted by molar-refractivity contribution is 9.13. The fourth-order valence-corrected chi connectivity index (χ4v) is 5.61. The number of thiophene rings is 1. The molecule has 1 N–H and O–H groups in total. The summed E-state index contributed by atoms with van der Waals surface area (Å²) in [6, 6.07) is 8.83. The molecule has 19 heavy (non-hydrogen) atoms. The van der Waals surface area contributed by atoms with E-state index in [1.165, 1.54) is 0 Å². The van der Waals surface area contributed by atoms with E-state index in [0.29, 0.717) is 5.69 Å². The summed E-state index contributed by atoms with van der Waals surface area (Å²) in [5, 5.41) is 0. The minimum atomic E-state index is -3.53. The van der Waals surface area contributed by atoms with Gasteiger partial charge in [-0.2, -0.15) is 0 Å². The minimum Gasteiger partial charge on any atom is -0.279 e. The number of halogens is 2. The third-order valence-electron chi connectivity index (χ3n) is 2.23. The predicted molar refractivity (Wildman–Crippen MR) is 88.8 cm³/mol. The van der Waals surface area contributed by atoms with Crippen LogP contribution < -0.4 is 4.72 Å². The van der Waals surface area contributed by atoms with Crippen molar-refractivity contribution in [3.63, 3.8) is 0 Å². The molecular weight excluding hydrogens is 434 g/mol. The maximum atomic E-state index is 12.2. The average Bonchev–Trinajstić information content (AvgIpc) is 2.71. The molecule has 0 amide bonds. The Kier molecular flexibility index (Phi) is 4.99. The lowest BCUT2D eigenvalue weighted by molar-refractivity contribution is 0.603. The van der Waals surface area contributed by atoms with E-state index < -0.39 is 10.0 Å². The van der Waals surface area contributed by atoms with Crippen LogP contribution in [-0.4, -0.2) is 14.7 Å². The number of benzene rings is 1. The fourth-order valence-electron chi connectivity index (χ4n) is 1.32. The van der Waals surface area contributed by atoms with Crippen molar-refractivity contribution in [1.29, 1.82) is 0 Å². The summed E-state index contributed by atoms with van der Waals surface area (Å²) in [6.45, 7) is 0. The van der Waals surface area contributed by atoms with E-state index in [4.69, 9.17) is 0 Å². The van der Waals surface area contributed by atoms with Crippen LogP contribution >= 0.6 is 55.0 Å². The van der Waals surface area contributed by atoms with E-state index in [2.05, 4.69) is 36.6 Å². The zero-order valence-electron chi connectivity index (χ0n) is 9.68. The van der Waals surface area contributed by atoms with Crippen molar-refractivity contribution in [1.82, 2.24) is 0 Å². The van der Waals surface area contributed by atoms with Crippen LogP contribution in [0.3, 0.4) is 0 Å². The summed E-state index contributed by atoms with van der Waals surface area (Å²) in [6.07, 6.45) is 1.97. The molecular formula is C11H9Br2NO2S3. The molecule has 0 unspecified atom stereocenters. The lowest BCUT2D eigenvalue weighted by Crippen LogP contribution is -2.11. The Morgan fingerprint density at radius 1 is 1.21 bits per heavy atom. The minimum absolute atomic E-state index is 0.264. The molecule has 2 aromatic rings. The van der Waals surface area contributed by atoms with Crippen LogP contribution in [0.4, 0.5) is 5.69 Å². The Hall–Kier alpha value is -0.0200. The van der Waals surface area contributed by atoms with Crippen LogP contribution in [-0.2, 0) is 10.0 Å². The molecule has 0 aliphatic rings. The Labute approximate surface area is 137 Å². The Morgan fingerprint density at radius 3 is 2.32 bits per heavy atom. The van der Waals surface area contributed by atoms with Gasteiger partial charge in [-0.15, -0.1) is 23.1 Å². The summed E-state index contributed by atoms with van der Waals surface area (Å²) < 4.78 is 28.7. The smallest absolute Gasteiger partial charge is 0.271 e. The summed E-state index contributed by atoms with van der Waals surface area (Å²) >= 11 is 9.34. The van der Waals surface area contributed by atoms with Crippen molar-refractivity contribution in [2.45, 2.75) is 9.10 Å². The normalized spacial score (nSPS) is 11.5. The quantitative estimate of drug-likeness (QED) is 0.692. The third kappa shape index (κ3) is 3.75. The Balaban J connectivity index is 2.25. The van der Waals surface area contributed by atoms with Crippen molar-refractivity contribution < 1.29 is 8.42 Å². The molecule has 1 aromatic carbocycles. The maximum absolute atomic E-state index is 12.2. The van der Waals surface area contributed by atoms with Gasteiger partial charge in [0.25, 0.3) is 10.0 Å². The highest BCUT2D eigenvalue weighted by Gasteiger charge is 2.18. The van der Waals surface area contributed by atoms with E-state index in [0.717, 1.165) is 24.5 Å². The van der Waals surface area contributed by atoms with Gasteiger partial charge >= 0.3 is 0 Å². The van der Waals surface area contributed by atoms with Gasteiger partial charge in [0.2, 0.25) is 0 Å². The number of nitrogens with one attached hydrogen (secondary N) is 1. The second-order valence-electron chi connectivity index (χ2n) is 3.52. The van der Waals surface area contributed by atoms with Gasteiger partial charge in [-0.25, -0.2) is 8.42 Å². The van der Waals surface area contributed by atoms with E-state index in [1.54, 1.807) is 30.0 Å². The second kappa shape index (κ2) is 6.17.